The largest absolute Gasteiger partial charge is 0.471 e. The summed E-state index contributed by atoms with van der Waals surface area (Å²) < 4.78 is 89.1. The summed E-state index contributed by atoms with van der Waals surface area (Å²) in [7, 11) is 0. The number of nitrogens with one attached hydrogen (secondary N) is 3. The average molecular weight is 639 g/mol. The van der Waals surface area contributed by atoms with Gasteiger partial charge in [0.05, 0.1) is 18.6 Å². The molecule has 16 heteroatoms. The molecule has 3 aliphatic heterocycles. The van der Waals surface area contributed by atoms with Gasteiger partial charge in [-0.25, -0.2) is 13.6 Å². The van der Waals surface area contributed by atoms with Gasteiger partial charge in [-0.1, -0.05) is 19.3 Å². The van der Waals surface area contributed by atoms with Crippen LogP contribution in [-0.2, 0) is 28.7 Å². The molecule has 0 aromatic carbocycles. The van der Waals surface area contributed by atoms with Gasteiger partial charge in [0, 0.05) is 24.9 Å². The van der Waals surface area contributed by atoms with Gasteiger partial charge in [-0.15, -0.1) is 0 Å². The summed E-state index contributed by atoms with van der Waals surface area (Å²) in [5, 5.41) is 6.69. The zero-order chi connectivity index (χ0) is 32.4. The summed E-state index contributed by atoms with van der Waals surface area (Å²) in [4.78, 5) is 64.4. The van der Waals surface area contributed by atoms with Crippen molar-refractivity contribution in [2.24, 2.45) is 17.8 Å². The molecule has 0 unspecified atom stereocenters. The van der Waals surface area contributed by atoms with E-state index < -0.39 is 89.9 Å². The van der Waals surface area contributed by atoms with Crippen molar-refractivity contribution in [2.45, 2.75) is 101 Å². The van der Waals surface area contributed by atoms with Crippen LogP contribution in [0, 0.1) is 17.8 Å². The Morgan fingerprint density at radius 2 is 1.80 bits per heavy atom. The summed E-state index contributed by atoms with van der Waals surface area (Å²) in [5.74, 6) is -13.7. The molecule has 6 atom stereocenters. The van der Waals surface area contributed by atoms with Crippen LogP contribution >= 0.6 is 0 Å². The van der Waals surface area contributed by atoms with Gasteiger partial charge in [-0.05, 0) is 51.0 Å². The molecule has 0 radical (unpaired) electrons. The Morgan fingerprint density at radius 1 is 1.09 bits per heavy atom. The minimum Gasteiger partial charge on any atom is -0.461 e. The topological polar surface area (TPSA) is 134 Å². The van der Waals surface area contributed by atoms with E-state index in [1.165, 1.54) is 6.92 Å². The highest BCUT2D eigenvalue weighted by molar-refractivity contribution is 5.94. The minimum absolute atomic E-state index is 0.0577. The third-order valence-corrected chi connectivity index (χ3v) is 8.96. The fourth-order valence-electron chi connectivity index (χ4n) is 6.59. The predicted molar refractivity (Wildman–Crippen MR) is 140 cm³/mol. The first-order valence-corrected chi connectivity index (χ1v) is 14.8. The van der Waals surface area contributed by atoms with E-state index in [4.69, 9.17) is 0 Å². The highest BCUT2D eigenvalue weighted by atomic mass is 19.4. The van der Waals surface area contributed by atoms with Gasteiger partial charge in [-0.3, -0.25) is 19.2 Å². The number of esters is 1. The molecule has 3 saturated heterocycles. The smallest absolute Gasteiger partial charge is 0.461 e. The number of rotatable bonds is 11. The van der Waals surface area contributed by atoms with Gasteiger partial charge in [0.2, 0.25) is 23.5 Å². The summed E-state index contributed by atoms with van der Waals surface area (Å²) in [6, 6.07) is -6.15. The van der Waals surface area contributed by atoms with Crippen molar-refractivity contribution in [1.29, 1.82) is 0 Å². The number of alkyl halides is 5. The number of carbonyl (C=O) groups excluding carboxylic acids is 5. The number of amides is 4. The van der Waals surface area contributed by atoms with Crippen LogP contribution in [0.1, 0.15) is 64.7 Å². The molecule has 2 saturated carbocycles. The van der Waals surface area contributed by atoms with Crippen LogP contribution in [-0.4, -0.2) is 83.9 Å². The normalized spacial score (nSPS) is 28.0. The van der Waals surface area contributed by atoms with Gasteiger partial charge < -0.3 is 25.6 Å². The molecule has 3 N–H and O–H groups in total. The van der Waals surface area contributed by atoms with Crippen LogP contribution in [0.15, 0.2) is 11.9 Å². The molecule has 44 heavy (non-hydrogen) atoms. The van der Waals surface area contributed by atoms with Gasteiger partial charge in [0.25, 0.3) is 5.92 Å². The van der Waals surface area contributed by atoms with Crippen LogP contribution in [0.3, 0.4) is 0 Å². The lowest BCUT2D eigenvalue weighted by atomic mass is 9.71. The Kier molecular flexibility index (Phi) is 10.2. The maximum Gasteiger partial charge on any atom is 0.471 e. The second-order valence-electron chi connectivity index (χ2n) is 11.9. The Hall–Kier alpha value is -3.33. The van der Waals surface area contributed by atoms with Gasteiger partial charge >= 0.3 is 18.1 Å². The Bertz CT molecular complexity index is 1180. The molecule has 0 aromatic heterocycles. The van der Waals surface area contributed by atoms with E-state index in [1.807, 2.05) is 0 Å². The van der Waals surface area contributed by atoms with E-state index in [0.29, 0.717) is 31.9 Å². The molecule has 2 bridgehead atoms. The van der Waals surface area contributed by atoms with Crippen molar-refractivity contribution >= 4 is 29.6 Å². The average Bonchev–Trinajstić information content (AvgIpc) is 3.31. The molecule has 0 spiro atoms. The quantitative estimate of drug-likeness (QED) is 0.181. The second kappa shape index (κ2) is 13.3. The van der Waals surface area contributed by atoms with E-state index in [0.717, 1.165) is 11.3 Å². The molecule has 2 aliphatic carbocycles. The number of hydrogen-bond donors (Lipinski definition) is 3. The fourth-order valence-corrected chi connectivity index (χ4v) is 6.59. The van der Waals surface area contributed by atoms with E-state index in [-0.39, 0.29) is 38.2 Å². The number of piperidine rings is 2. The number of carbonyl (C=O) groups is 5. The first-order chi connectivity index (χ1) is 20.6. The molecule has 3 heterocycles. The van der Waals surface area contributed by atoms with Gasteiger partial charge in [0.15, 0.2) is 0 Å². The van der Waals surface area contributed by atoms with E-state index >= 15 is 8.78 Å². The van der Waals surface area contributed by atoms with Crippen molar-refractivity contribution in [1.82, 2.24) is 20.9 Å². The van der Waals surface area contributed by atoms with E-state index in [9.17, 15) is 41.5 Å². The Balaban J connectivity index is 1.64. The number of halogens is 6. The molecule has 5 fully saturated rings. The summed E-state index contributed by atoms with van der Waals surface area (Å²) in [5.41, 5.74) is 0. The molecule has 246 valence electrons. The lowest BCUT2D eigenvalue weighted by molar-refractivity contribution is -0.196. The van der Waals surface area contributed by atoms with Crippen LogP contribution in [0.2, 0.25) is 0 Å². The van der Waals surface area contributed by atoms with Crippen LogP contribution < -0.4 is 16.0 Å². The van der Waals surface area contributed by atoms with Crippen molar-refractivity contribution in [3.8, 4) is 0 Å². The molecule has 0 aromatic rings. The zero-order valence-corrected chi connectivity index (χ0v) is 24.1. The van der Waals surface area contributed by atoms with Crippen molar-refractivity contribution in [2.75, 3.05) is 13.2 Å². The maximum absolute atomic E-state index is 15.2. The number of ether oxygens (including phenoxy) is 1. The number of nitrogens with zero attached hydrogens (tertiary/aromatic N) is 1. The SMILES string of the molecule is CCOC(=O)/C(F)=C/[C@@H](C[C@@H]1CCNC1=O)NC(=O)[C@H]1[C@H]2CC[C@H](CC2(F)F)N1C(=O)[C@H](CC1CCC1)NC(=O)C(F)(F)F. The molecular weight excluding hydrogens is 602 g/mol. The van der Waals surface area contributed by atoms with Crippen LogP contribution in [0.4, 0.5) is 26.3 Å². The monoisotopic (exact) mass is 638 g/mol. The predicted octanol–water partition coefficient (Wildman–Crippen LogP) is 2.67. The lowest BCUT2D eigenvalue weighted by Crippen LogP contribution is -2.71. The van der Waals surface area contributed by atoms with Gasteiger partial charge in [-0.2, -0.15) is 17.6 Å². The lowest BCUT2D eigenvalue weighted by Gasteiger charge is -2.54. The van der Waals surface area contributed by atoms with Crippen LogP contribution in [0.5, 0.6) is 0 Å². The highest BCUT2D eigenvalue weighted by Crippen LogP contribution is 2.49. The van der Waals surface area contributed by atoms with Gasteiger partial charge in [0.1, 0.15) is 12.1 Å². The third kappa shape index (κ3) is 7.48. The zero-order valence-electron chi connectivity index (χ0n) is 24.1. The standard InChI is InChI=1S/C28H36F6N4O6/c1-2-44-25(42)19(29)12-16(11-15-8-9-35-22(15)39)36-23(40)21-18-7-6-17(13-27(18,30)31)38(21)24(41)20(10-14-4-3-5-14)37-26(43)28(32,33)34/h12,14-18,20-21H,2-11,13H2,1H3,(H,35,39)(H,36,40)(H,37,43)/b19-12-/t15-,16+,17+,18+,20-,21+/m0/s1. The van der Waals surface area contributed by atoms with Crippen molar-refractivity contribution < 1.29 is 55.1 Å². The highest BCUT2D eigenvalue weighted by Gasteiger charge is 2.61. The summed E-state index contributed by atoms with van der Waals surface area (Å²) in [6.45, 7) is 1.58. The van der Waals surface area contributed by atoms with Crippen molar-refractivity contribution in [3.63, 3.8) is 0 Å². The fraction of sp³-hybridized carbons (Fsp3) is 0.750. The molecule has 4 amide bonds. The van der Waals surface area contributed by atoms with E-state index in [1.54, 1.807) is 5.32 Å². The number of hydrogen-bond acceptors (Lipinski definition) is 6. The molecule has 5 rings (SSSR count). The number of fused-ring (bicyclic) bond motifs is 3. The third-order valence-electron chi connectivity index (χ3n) is 8.96. The second-order valence-corrected chi connectivity index (χ2v) is 11.9. The Morgan fingerprint density at radius 3 is 2.34 bits per heavy atom. The molecule has 5 aliphatic rings. The van der Waals surface area contributed by atoms with E-state index in [2.05, 4.69) is 15.4 Å². The molecule has 10 nitrogen and oxygen atoms in total. The van der Waals surface area contributed by atoms with Crippen LogP contribution in [0.25, 0.3) is 0 Å². The minimum atomic E-state index is -5.31. The molecular formula is C28H36F6N4O6. The first kappa shape index (κ1) is 33.6. The maximum atomic E-state index is 15.2. The first-order valence-electron chi connectivity index (χ1n) is 14.8. The summed E-state index contributed by atoms with van der Waals surface area (Å²) >= 11 is 0. The van der Waals surface area contributed by atoms with Crippen molar-refractivity contribution in [3.05, 3.63) is 11.9 Å². The Labute approximate surface area is 249 Å². The summed E-state index contributed by atoms with van der Waals surface area (Å²) in [6.07, 6.45) is -3.60.